The number of nitrogens with zero attached hydrogens (tertiary/aromatic N) is 1. The summed E-state index contributed by atoms with van der Waals surface area (Å²) < 4.78 is 11.0. The molecule has 0 bridgehead atoms. The molecule has 22 heavy (non-hydrogen) atoms. The molecule has 5 heteroatoms. The van der Waals surface area contributed by atoms with Gasteiger partial charge >= 0.3 is 0 Å². The number of phenolic OH excluding ortho intramolecular Hbond substituents is 1. The molecule has 2 aromatic carbocycles. The van der Waals surface area contributed by atoms with E-state index in [1.165, 1.54) is 0 Å². The van der Waals surface area contributed by atoms with Crippen LogP contribution in [0.4, 0.5) is 5.69 Å². The summed E-state index contributed by atoms with van der Waals surface area (Å²) in [7, 11) is 3.40. The number of methoxy groups -OCH3 is 1. The van der Waals surface area contributed by atoms with Crippen LogP contribution in [0.1, 0.15) is 0 Å². The molecule has 3 aromatic rings. The van der Waals surface area contributed by atoms with Gasteiger partial charge in [0.25, 0.3) is 0 Å². The number of nitrogens with one attached hydrogen (secondary N) is 1. The van der Waals surface area contributed by atoms with E-state index in [-0.39, 0.29) is 5.75 Å². The third-order valence-electron chi connectivity index (χ3n) is 3.38. The van der Waals surface area contributed by atoms with Crippen LogP contribution in [0.5, 0.6) is 23.0 Å². The first-order valence-corrected chi connectivity index (χ1v) is 6.82. The number of hydrogen-bond acceptors (Lipinski definition) is 5. The van der Waals surface area contributed by atoms with Crippen molar-refractivity contribution in [1.29, 1.82) is 0 Å². The van der Waals surface area contributed by atoms with Gasteiger partial charge in [-0.1, -0.05) is 0 Å². The standard InChI is InChI=1S/C17H16N2O3/c1-18-11-3-6-17(15(20)9-11)22-16-7-8-19-14-10-12(21-2)4-5-13(14)16/h3-10,18,20H,1-2H3. The third kappa shape index (κ3) is 2.61. The first kappa shape index (κ1) is 14.0. The van der Waals surface area contributed by atoms with Gasteiger partial charge in [-0.2, -0.15) is 0 Å². The zero-order valence-corrected chi connectivity index (χ0v) is 12.3. The number of benzene rings is 2. The average molecular weight is 296 g/mol. The lowest BCUT2D eigenvalue weighted by molar-refractivity contribution is 0.412. The molecule has 3 rings (SSSR count). The maximum Gasteiger partial charge on any atom is 0.169 e. The molecule has 0 saturated heterocycles. The van der Waals surface area contributed by atoms with E-state index in [4.69, 9.17) is 9.47 Å². The van der Waals surface area contributed by atoms with Crippen molar-refractivity contribution >= 4 is 16.6 Å². The predicted molar refractivity (Wildman–Crippen MR) is 86.0 cm³/mol. The Kier molecular flexibility index (Phi) is 3.70. The van der Waals surface area contributed by atoms with Gasteiger partial charge in [0, 0.05) is 36.5 Å². The molecule has 0 amide bonds. The van der Waals surface area contributed by atoms with E-state index < -0.39 is 0 Å². The van der Waals surface area contributed by atoms with Crippen LogP contribution in [0.3, 0.4) is 0 Å². The number of ether oxygens (including phenoxy) is 2. The minimum atomic E-state index is 0.0744. The molecular formula is C17H16N2O3. The number of hydrogen-bond donors (Lipinski definition) is 2. The molecule has 0 fully saturated rings. The van der Waals surface area contributed by atoms with Gasteiger partial charge < -0.3 is 19.9 Å². The van der Waals surface area contributed by atoms with Crippen LogP contribution in [-0.4, -0.2) is 24.2 Å². The topological polar surface area (TPSA) is 63.6 Å². The molecule has 1 heterocycles. The van der Waals surface area contributed by atoms with E-state index in [1.54, 1.807) is 38.6 Å². The van der Waals surface area contributed by atoms with Crippen molar-refractivity contribution in [1.82, 2.24) is 4.98 Å². The molecule has 0 aliphatic heterocycles. The van der Waals surface area contributed by atoms with Crippen LogP contribution in [-0.2, 0) is 0 Å². The lowest BCUT2D eigenvalue weighted by atomic mass is 10.2. The zero-order chi connectivity index (χ0) is 15.5. The number of phenols is 1. The van der Waals surface area contributed by atoms with Gasteiger partial charge in [0.05, 0.1) is 12.6 Å². The highest BCUT2D eigenvalue weighted by Crippen LogP contribution is 2.36. The molecule has 1 aromatic heterocycles. The fourth-order valence-electron chi connectivity index (χ4n) is 2.20. The van der Waals surface area contributed by atoms with Gasteiger partial charge in [0.15, 0.2) is 11.5 Å². The summed E-state index contributed by atoms with van der Waals surface area (Å²) in [4.78, 5) is 4.31. The van der Waals surface area contributed by atoms with E-state index in [0.717, 1.165) is 22.3 Å². The summed E-state index contributed by atoms with van der Waals surface area (Å²) in [5.41, 5.74) is 1.58. The van der Waals surface area contributed by atoms with Crippen molar-refractivity contribution in [2.75, 3.05) is 19.5 Å². The molecule has 5 nitrogen and oxygen atoms in total. The third-order valence-corrected chi connectivity index (χ3v) is 3.38. The second kappa shape index (κ2) is 5.81. The molecule has 0 aliphatic rings. The summed E-state index contributed by atoms with van der Waals surface area (Å²) in [6.45, 7) is 0. The minimum Gasteiger partial charge on any atom is -0.504 e. The van der Waals surface area contributed by atoms with E-state index in [0.29, 0.717) is 11.5 Å². The molecule has 0 radical (unpaired) electrons. The maximum absolute atomic E-state index is 10.0. The van der Waals surface area contributed by atoms with Crippen LogP contribution < -0.4 is 14.8 Å². The molecule has 0 atom stereocenters. The molecule has 112 valence electrons. The monoisotopic (exact) mass is 296 g/mol. The molecule has 2 N–H and O–H groups in total. The fourth-order valence-corrected chi connectivity index (χ4v) is 2.20. The molecular weight excluding hydrogens is 280 g/mol. The summed E-state index contributed by atoms with van der Waals surface area (Å²) in [6.07, 6.45) is 1.66. The summed E-state index contributed by atoms with van der Waals surface area (Å²) in [6, 6.07) is 12.5. The van der Waals surface area contributed by atoms with Crippen LogP contribution in [0, 0.1) is 0 Å². The maximum atomic E-state index is 10.0. The Morgan fingerprint density at radius 1 is 1.05 bits per heavy atom. The Hall–Kier alpha value is -2.95. The van der Waals surface area contributed by atoms with Crippen molar-refractivity contribution < 1.29 is 14.6 Å². The average Bonchev–Trinajstić information content (AvgIpc) is 2.56. The number of anilines is 1. The Morgan fingerprint density at radius 3 is 2.64 bits per heavy atom. The summed E-state index contributed by atoms with van der Waals surface area (Å²) in [5, 5.41) is 13.8. The molecule has 0 aliphatic carbocycles. The van der Waals surface area contributed by atoms with Gasteiger partial charge in [-0.05, 0) is 30.3 Å². The SMILES string of the molecule is CNc1ccc(Oc2ccnc3cc(OC)ccc23)c(O)c1. The van der Waals surface area contributed by atoms with Gasteiger partial charge in [0.2, 0.25) is 0 Å². The van der Waals surface area contributed by atoms with E-state index in [9.17, 15) is 5.11 Å². The fraction of sp³-hybridized carbons (Fsp3) is 0.118. The highest BCUT2D eigenvalue weighted by Gasteiger charge is 2.09. The smallest absolute Gasteiger partial charge is 0.169 e. The van der Waals surface area contributed by atoms with Crippen molar-refractivity contribution in [2.45, 2.75) is 0 Å². The summed E-state index contributed by atoms with van der Waals surface area (Å²) >= 11 is 0. The molecule has 0 spiro atoms. The van der Waals surface area contributed by atoms with E-state index in [1.807, 2.05) is 24.3 Å². The van der Waals surface area contributed by atoms with Gasteiger partial charge in [-0.3, -0.25) is 4.98 Å². The largest absolute Gasteiger partial charge is 0.504 e. The first-order valence-electron chi connectivity index (χ1n) is 6.82. The normalized spacial score (nSPS) is 10.5. The number of aromatic hydroxyl groups is 1. The number of aromatic nitrogens is 1. The zero-order valence-electron chi connectivity index (χ0n) is 12.3. The Morgan fingerprint density at radius 2 is 1.91 bits per heavy atom. The van der Waals surface area contributed by atoms with Gasteiger partial charge in [0.1, 0.15) is 11.5 Å². The highest BCUT2D eigenvalue weighted by molar-refractivity contribution is 5.86. The summed E-state index contributed by atoms with van der Waals surface area (Å²) in [5.74, 6) is 1.83. The number of fused-ring (bicyclic) bond motifs is 1. The van der Waals surface area contributed by atoms with Crippen LogP contribution in [0.15, 0.2) is 48.7 Å². The number of rotatable bonds is 4. The Bertz CT molecular complexity index is 818. The molecule has 0 unspecified atom stereocenters. The van der Waals surface area contributed by atoms with Crippen LogP contribution >= 0.6 is 0 Å². The van der Waals surface area contributed by atoms with Crippen molar-refractivity contribution in [3.8, 4) is 23.0 Å². The lowest BCUT2D eigenvalue weighted by Crippen LogP contribution is -1.91. The molecule has 0 saturated carbocycles. The van der Waals surface area contributed by atoms with E-state index >= 15 is 0 Å². The van der Waals surface area contributed by atoms with Gasteiger partial charge in [-0.15, -0.1) is 0 Å². The highest BCUT2D eigenvalue weighted by atomic mass is 16.5. The quantitative estimate of drug-likeness (QED) is 0.767. The number of pyridine rings is 1. The second-order valence-corrected chi connectivity index (χ2v) is 4.73. The van der Waals surface area contributed by atoms with Crippen LogP contribution in [0.2, 0.25) is 0 Å². The minimum absolute atomic E-state index is 0.0744. The van der Waals surface area contributed by atoms with Crippen molar-refractivity contribution in [2.24, 2.45) is 0 Å². The first-order chi connectivity index (χ1) is 10.7. The van der Waals surface area contributed by atoms with Crippen molar-refractivity contribution in [3.05, 3.63) is 48.7 Å². The second-order valence-electron chi connectivity index (χ2n) is 4.73. The van der Waals surface area contributed by atoms with Gasteiger partial charge in [-0.25, -0.2) is 0 Å². The van der Waals surface area contributed by atoms with Crippen molar-refractivity contribution in [3.63, 3.8) is 0 Å². The van der Waals surface area contributed by atoms with E-state index in [2.05, 4.69) is 10.3 Å². The predicted octanol–water partition coefficient (Wildman–Crippen LogP) is 3.78. The Balaban J connectivity index is 2.00. The lowest BCUT2D eigenvalue weighted by Gasteiger charge is -2.11. The van der Waals surface area contributed by atoms with Crippen LogP contribution in [0.25, 0.3) is 10.9 Å². The Labute approximate surface area is 128 Å².